The molecule has 1 unspecified atom stereocenters. The predicted molar refractivity (Wildman–Crippen MR) is 97.0 cm³/mol. The third-order valence-corrected chi connectivity index (χ3v) is 5.79. The fourth-order valence-corrected chi connectivity index (χ4v) is 4.09. The van der Waals surface area contributed by atoms with Crippen LogP contribution in [0.5, 0.6) is 0 Å². The number of nitriles is 1. The number of amides is 1. The largest absolute Gasteiger partial charge is 0.322 e. The summed E-state index contributed by atoms with van der Waals surface area (Å²) < 4.78 is 38.2. The molecule has 1 N–H and O–H groups in total. The SMILES string of the molecule is Cc1cc(NC(=O)c2cccc(S(=O)(=O)CC(C)CC#N)c2)ccc1F. The highest BCUT2D eigenvalue weighted by molar-refractivity contribution is 7.91. The van der Waals surface area contributed by atoms with Crippen molar-refractivity contribution < 1.29 is 17.6 Å². The molecule has 5 nitrogen and oxygen atoms in total. The van der Waals surface area contributed by atoms with Gasteiger partial charge in [-0.1, -0.05) is 13.0 Å². The lowest BCUT2D eigenvalue weighted by atomic mass is 10.1. The Balaban J connectivity index is 2.21. The topological polar surface area (TPSA) is 87.0 Å². The van der Waals surface area contributed by atoms with Gasteiger partial charge in [-0.05, 0) is 54.8 Å². The highest BCUT2D eigenvalue weighted by Gasteiger charge is 2.20. The molecule has 1 atom stereocenters. The number of hydrogen-bond acceptors (Lipinski definition) is 4. The van der Waals surface area contributed by atoms with Gasteiger partial charge in [-0.15, -0.1) is 0 Å². The number of hydrogen-bond donors (Lipinski definition) is 1. The zero-order chi connectivity index (χ0) is 19.3. The van der Waals surface area contributed by atoms with E-state index in [4.69, 9.17) is 5.26 Å². The van der Waals surface area contributed by atoms with E-state index in [-0.39, 0.29) is 34.4 Å². The van der Waals surface area contributed by atoms with Crippen molar-refractivity contribution in [3.05, 3.63) is 59.4 Å². The number of carbonyl (C=O) groups is 1. The maximum atomic E-state index is 13.3. The summed E-state index contributed by atoms with van der Waals surface area (Å²) in [5.41, 5.74) is 0.997. The molecule has 0 radical (unpaired) electrons. The van der Waals surface area contributed by atoms with Crippen LogP contribution in [0.4, 0.5) is 10.1 Å². The second kappa shape index (κ2) is 8.11. The van der Waals surface area contributed by atoms with Crippen LogP contribution in [-0.2, 0) is 9.84 Å². The van der Waals surface area contributed by atoms with Crippen LogP contribution in [0.15, 0.2) is 47.4 Å². The summed E-state index contributed by atoms with van der Waals surface area (Å²) in [5, 5.41) is 11.3. The van der Waals surface area contributed by atoms with Gasteiger partial charge in [0.1, 0.15) is 5.82 Å². The minimum Gasteiger partial charge on any atom is -0.322 e. The molecule has 0 spiro atoms. The number of nitrogens with zero attached hydrogens (tertiary/aromatic N) is 1. The van der Waals surface area contributed by atoms with E-state index in [0.29, 0.717) is 11.3 Å². The van der Waals surface area contributed by atoms with Crippen molar-refractivity contribution in [2.45, 2.75) is 25.2 Å². The molecule has 0 heterocycles. The van der Waals surface area contributed by atoms with E-state index in [0.717, 1.165) is 0 Å². The molecular weight excluding hydrogens is 355 g/mol. The molecule has 136 valence electrons. The summed E-state index contributed by atoms with van der Waals surface area (Å²) in [5.74, 6) is -1.33. The number of rotatable bonds is 6. The smallest absolute Gasteiger partial charge is 0.255 e. The van der Waals surface area contributed by atoms with Crippen molar-refractivity contribution >= 4 is 21.4 Å². The van der Waals surface area contributed by atoms with Crippen molar-refractivity contribution in [2.24, 2.45) is 5.92 Å². The molecule has 2 rings (SSSR count). The third-order valence-electron chi connectivity index (χ3n) is 3.81. The van der Waals surface area contributed by atoms with E-state index in [1.807, 2.05) is 6.07 Å². The van der Waals surface area contributed by atoms with E-state index in [1.54, 1.807) is 13.8 Å². The molecule has 2 aromatic rings. The first-order chi connectivity index (χ1) is 12.2. The highest BCUT2D eigenvalue weighted by Crippen LogP contribution is 2.19. The molecule has 0 aromatic heterocycles. The number of aryl methyl sites for hydroxylation is 1. The Kier molecular flexibility index (Phi) is 6.11. The lowest BCUT2D eigenvalue weighted by molar-refractivity contribution is 0.102. The maximum Gasteiger partial charge on any atom is 0.255 e. The van der Waals surface area contributed by atoms with Gasteiger partial charge in [0.05, 0.1) is 16.7 Å². The monoisotopic (exact) mass is 374 g/mol. The van der Waals surface area contributed by atoms with Crippen LogP contribution in [0, 0.1) is 30.0 Å². The zero-order valence-electron chi connectivity index (χ0n) is 14.5. The third kappa shape index (κ3) is 4.90. The Bertz CT molecular complexity index is 965. The molecular formula is C19H19FN2O3S. The molecule has 7 heteroatoms. The van der Waals surface area contributed by atoms with Crippen LogP contribution in [0.3, 0.4) is 0 Å². The number of carbonyl (C=O) groups excluding carboxylic acids is 1. The van der Waals surface area contributed by atoms with Gasteiger partial charge >= 0.3 is 0 Å². The maximum absolute atomic E-state index is 13.3. The molecule has 26 heavy (non-hydrogen) atoms. The van der Waals surface area contributed by atoms with Gasteiger partial charge in [0, 0.05) is 17.7 Å². The highest BCUT2D eigenvalue weighted by atomic mass is 32.2. The average Bonchev–Trinajstić information content (AvgIpc) is 2.58. The Morgan fingerprint density at radius 2 is 2.00 bits per heavy atom. The van der Waals surface area contributed by atoms with Crippen LogP contribution >= 0.6 is 0 Å². The molecule has 0 bridgehead atoms. The quantitative estimate of drug-likeness (QED) is 0.835. The van der Waals surface area contributed by atoms with Gasteiger partial charge in [0.2, 0.25) is 0 Å². The lowest BCUT2D eigenvalue weighted by Gasteiger charge is -2.11. The summed E-state index contributed by atoms with van der Waals surface area (Å²) in [6.45, 7) is 3.27. The fourth-order valence-electron chi connectivity index (χ4n) is 2.44. The minimum atomic E-state index is -3.60. The summed E-state index contributed by atoms with van der Waals surface area (Å²) >= 11 is 0. The Morgan fingerprint density at radius 3 is 2.65 bits per heavy atom. The summed E-state index contributed by atoms with van der Waals surface area (Å²) in [4.78, 5) is 12.4. The molecule has 2 aromatic carbocycles. The van der Waals surface area contributed by atoms with Crippen LogP contribution in [0.1, 0.15) is 29.3 Å². The van der Waals surface area contributed by atoms with Crippen molar-refractivity contribution in [3.8, 4) is 6.07 Å². The first-order valence-corrected chi connectivity index (χ1v) is 9.65. The molecule has 0 aliphatic rings. The van der Waals surface area contributed by atoms with Gasteiger partial charge in [0.25, 0.3) is 5.91 Å². The Labute approximate surface area is 152 Å². The van der Waals surface area contributed by atoms with Gasteiger partial charge in [-0.25, -0.2) is 12.8 Å². The standard InChI is InChI=1S/C19H19FN2O3S/c1-13(8-9-21)12-26(24,25)17-5-3-4-15(11-17)19(23)22-16-6-7-18(20)14(2)10-16/h3-7,10-11,13H,8,12H2,1-2H3,(H,22,23). The molecule has 0 fully saturated rings. The van der Waals surface area contributed by atoms with E-state index in [9.17, 15) is 17.6 Å². The number of halogens is 1. The molecule has 0 aliphatic heterocycles. The summed E-state index contributed by atoms with van der Waals surface area (Å²) in [6, 6.07) is 11.9. The Morgan fingerprint density at radius 1 is 1.27 bits per heavy atom. The Hall–Kier alpha value is -2.72. The van der Waals surface area contributed by atoms with Crippen molar-refractivity contribution in [2.75, 3.05) is 11.1 Å². The molecule has 0 saturated carbocycles. The van der Waals surface area contributed by atoms with Crippen molar-refractivity contribution in [1.29, 1.82) is 5.26 Å². The lowest BCUT2D eigenvalue weighted by Crippen LogP contribution is -2.16. The first kappa shape index (κ1) is 19.6. The number of benzene rings is 2. The predicted octanol–water partition coefficient (Wildman–Crippen LogP) is 3.71. The number of anilines is 1. The van der Waals surface area contributed by atoms with Crippen molar-refractivity contribution in [3.63, 3.8) is 0 Å². The minimum absolute atomic E-state index is 0.0326. The fraction of sp³-hybridized carbons (Fsp3) is 0.263. The van der Waals surface area contributed by atoms with Gasteiger partial charge in [-0.2, -0.15) is 5.26 Å². The number of nitrogens with one attached hydrogen (secondary N) is 1. The van der Waals surface area contributed by atoms with Crippen LogP contribution in [-0.4, -0.2) is 20.1 Å². The second-order valence-electron chi connectivity index (χ2n) is 6.19. The van der Waals surface area contributed by atoms with Crippen LogP contribution in [0.25, 0.3) is 0 Å². The van der Waals surface area contributed by atoms with E-state index < -0.39 is 15.7 Å². The van der Waals surface area contributed by atoms with E-state index >= 15 is 0 Å². The summed E-state index contributed by atoms with van der Waals surface area (Å²) in [7, 11) is -3.60. The molecule has 0 saturated heterocycles. The normalized spacial score (nSPS) is 12.2. The van der Waals surface area contributed by atoms with Gasteiger partial charge < -0.3 is 5.32 Å². The van der Waals surface area contributed by atoms with Crippen LogP contribution in [0.2, 0.25) is 0 Å². The summed E-state index contributed by atoms with van der Waals surface area (Å²) in [6.07, 6.45) is 0.142. The van der Waals surface area contributed by atoms with Gasteiger partial charge in [-0.3, -0.25) is 4.79 Å². The van der Waals surface area contributed by atoms with Crippen LogP contribution < -0.4 is 5.32 Å². The molecule has 1 amide bonds. The zero-order valence-corrected chi connectivity index (χ0v) is 15.3. The van der Waals surface area contributed by atoms with E-state index in [1.165, 1.54) is 42.5 Å². The van der Waals surface area contributed by atoms with E-state index in [2.05, 4.69) is 5.32 Å². The second-order valence-corrected chi connectivity index (χ2v) is 8.23. The average molecular weight is 374 g/mol. The number of sulfone groups is 1. The van der Waals surface area contributed by atoms with Crippen molar-refractivity contribution in [1.82, 2.24) is 0 Å². The molecule has 0 aliphatic carbocycles. The van der Waals surface area contributed by atoms with Gasteiger partial charge in [0.15, 0.2) is 9.84 Å². The first-order valence-electron chi connectivity index (χ1n) is 8.00.